The summed E-state index contributed by atoms with van der Waals surface area (Å²) in [4.78, 5) is 8.38. The van der Waals surface area contributed by atoms with Crippen LogP contribution in [0.1, 0.15) is 0 Å². The third-order valence-corrected chi connectivity index (χ3v) is 3.06. The van der Waals surface area contributed by atoms with Gasteiger partial charge in [0.25, 0.3) is 0 Å². The normalized spacial score (nSPS) is 10.5. The number of para-hydroxylation sites is 1. The Morgan fingerprint density at radius 2 is 1.67 bits per heavy atom. The maximum Gasteiger partial charge on any atom is 0.230 e. The van der Waals surface area contributed by atoms with Crippen molar-refractivity contribution in [1.82, 2.24) is 9.97 Å². The van der Waals surface area contributed by atoms with Crippen LogP contribution in [0.3, 0.4) is 0 Å². The molecule has 0 aliphatic rings. The number of hydrogen-bond acceptors (Lipinski definition) is 3. The molecule has 0 saturated carbocycles. The number of aromatic nitrogens is 2. The molecule has 1 heterocycles. The van der Waals surface area contributed by atoms with Crippen LogP contribution in [0.2, 0.25) is 0 Å². The van der Waals surface area contributed by atoms with Crippen molar-refractivity contribution in [3.05, 3.63) is 59.3 Å². The molecule has 0 spiro atoms. The van der Waals surface area contributed by atoms with Crippen molar-refractivity contribution >= 4 is 26.8 Å². The van der Waals surface area contributed by atoms with Gasteiger partial charge in [0, 0.05) is 4.47 Å². The van der Waals surface area contributed by atoms with Crippen LogP contribution >= 0.6 is 15.9 Å². The van der Waals surface area contributed by atoms with Gasteiger partial charge in [-0.3, -0.25) is 0 Å². The molecular weight excluding hydrogens is 292 g/mol. The SMILES string of the molecule is Brc1ccc(Oc2ncnc3ccccc23)cc1. The monoisotopic (exact) mass is 300 g/mol. The van der Waals surface area contributed by atoms with Crippen molar-refractivity contribution in [2.45, 2.75) is 0 Å². The summed E-state index contributed by atoms with van der Waals surface area (Å²) < 4.78 is 6.79. The van der Waals surface area contributed by atoms with E-state index in [4.69, 9.17) is 4.74 Å². The van der Waals surface area contributed by atoms with Crippen molar-refractivity contribution in [1.29, 1.82) is 0 Å². The van der Waals surface area contributed by atoms with Crippen LogP contribution < -0.4 is 4.74 Å². The van der Waals surface area contributed by atoms with E-state index in [9.17, 15) is 0 Å². The first-order chi connectivity index (χ1) is 8.83. The molecule has 3 aromatic rings. The molecule has 88 valence electrons. The first-order valence-corrected chi connectivity index (χ1v) is 6.25. The molecular formula is C14H9BrN2O. The zero-order chi connectivity index (χ0) is 12.4. The van der Waals surface area contributed by atoms with Gasteiger partial charge in [0.1, 0.15) is 12.1 Å². The molecule has 1 aromatic heterocycles. The van der Waals surface area contributed by atoms with Gasteiger partial charge in [0.2, 0.25) is 5.88 Å². The Hall–Kier alpha value is -1.94. The smallest absolute Gasteiger partial charge is 0.230 e. The van der Waals surface area contributed by atoms with E-state index in [-0.39, 0.29) is 0 Å². The molecule has 0 amide bonds. The van der Waals surface area contributed by atoms with Crippen molar-refractivity contribution in [2.24, 2.45) is 0 Å². The van der Waals surface area contributed by atoms with Crippen molar-refractivity contribution in [3.63, 3.8) is 0 Å². The minimum atomic E-state index is 0.572. The summed E-state index contributed by atoms with van der Waals surface area (Å²) in [6.45, 7) is 0. The Morgan fingerprint density at radius 3 is 2.50 bits per heavy atom. The van der Waals surface area contributed by atoms with Gasteiger partial charge in [-0.05, 0) is 36.4 Å². The number of benzene rings is 2. The summed E-state index contributed by atoms with van der Waals surface area (Å²) >= 11 is 3.39. The Bertz CT molecular complexity index is 677. The van der Waals surface area contributed by atoms with E-state index in [1.54, 1.807) is 0 Å². The summed E-state index contributed by atoms with van der Waals surface area (Å²) in [5, 5.41) is 0.905. The molecule has 0 saturated heterocycles. The predicted octanol–water partition coefficient (Wildman–Crippen LogP) is 4.18. The van der Waals surface area contributed by atoms with Gasteiger partial charge in [-0.2, -0.15) is 0 Å². The highest BCUT2D eigenvalue weighted by Gasteiger charge is 2.05. The number of nitrogens with zero attached hydrogens (tertiary/aromatic N) is 2. The average Bonchev–Trinajstić information content (AvgIpc) is 2.42. The lowest BCUT2D eigenvalue weighted by Gasteiger charge is -2.06. The lowest BCUT2D eigenvalue weighted by molar-refractivity contribution is 0.468. The summed E-state index contributed by atoms with van der Waals surface area (Å²) in [5.74, 6) is 1.32. The summed E-state index contributed by atoms with van der Waals surface area (Å²) in [6, 6.07) is 15.4. The Balaban J connectivity index is 2.02. The van der Waals surface area contributed by atoms with Gasteiger partial charge in [0.15, 0.2) is 0 Å². The van der Waals surface area contributed by atoms with Gasteiger partial charge < -0.3 is 4.74 Å². The molecule has 0 unspecified atom stereocenters. The molecule has 18 heavy (non-hydrogen) atoms. The van der Waals surface area contributed by atoms with Gasteiger partial charge in [-0.25, -0.2) is 9.97 Å². The number of ether oxygens (including phenoxy) is 1. The van der Waals surface area contributed by atoms with Crippen molar-refractivity contribution < 1.29 is 4.74 Å². The van der Waals surface area contributed by atoms with Crippen LogP contribution in [-0.2, 0) is 0 Å². The van der Waals surface area contributed by atoms with Crippen LogP contribution in [-0.4, -0.2) is 9.97 Å². The standard InChI is InChI=1S/C14H9BrN2O/c15-10-5-7-11(8-6-10)18-14-12-3-1-2-4-13(12)16-9-17-14/h1-9H. The molecule has 0 atom stereocenters. The van der Waals surface area contributed by atoms with E-state index >= 15 is 0 Å². The number of halogens is 1. The van der Waals surface area contributed by atoms with E-state index in [1.165, 1.54) is 6.33 Å². The molecule has 0 N–H and O–H groups in total. The summed E-state index contributed by atoms with van der Waals surface area (Å²) in [5.41, 5.74) is 0.875. The van der Waals surface area contributed by atoms with E-state index in [0.29, 0.717) is 5.88 Å². The molecule has 3 nitrogen and oxygen atoms in total. The van der Waals surface area contributed by atoms with Crippen LogP contribution in [0, 0.1) is 0 Å². The average molecular weight is 301 g/mol. The number of rotatable bonds is 2. The second kappa shape index (κ2) is 4.74. The maximum absolute atomic E-state index is 5.77. The second-order valence-corrected chi connectivity index (χ2v) is 4.67. The topological polar surface area (TPSA) is 35.0 Å². The van der Waals surface area contributed by atoms with E-state index in [0.717, 1.165) is 21.1 Å². The van der Waals surface area contributed by atoms with Crippen LogP contribution in [0.4, 0.5) is 0 Å². The van der Waals surface area contributed by atoms with Crippen molar-refractivity contribution in [2.75, 3.05) is 0 Å². The molecule has 3 rings (SSSR count). The molecule has 2 aromatic carbocycles. The van der Waals surface area contributed by atoms with Gasteiger partial charge in [0.05, 0.1) is 10.9 Å². The highest BCUT2D eigenvalue weighted by Crippen LogP contribution is 2.26. The third kappa shape index (κ3) is 2.19. The predicted molar refractivity (Wildman–Crippen MR) is 73.8 cm³/mol. The maximum atomic E-state index is 5.77. The third-order valence-electron chi connectivity index (χ3n) is 2.53. The van der Waals surface area contributed by atoms with E-state index in [1.807, 2.05) is 48.5 Å². The van der Waals surface area contributed by atoms with Crippen molar-refractivity contribution in [3.8, 4) is 11.6 Å². The molecule has 0 aliphatic carbocycles. The Labute approximate surface area is 113 Å². The molecule has 0 bridgehead atoms. The fraction of sp³-hybridized carbons (Fsp3) is 0. The summed E-state index contributed by atoms with van der Waals surface area (Å²) in [6.07, 6.45) is 1.51. The molecule has 4 heteroatoms. The van der Waals surface area contributed by atoms with Crippen LogP contribution in [0.5, 0.6) is 11.6 Å². The fourth-order valence-electron chi connectivity index (χ4n) is 1.68. The molecule has 0 radical (unpaired) electrons. The first-order valence-electron chi connectivity index (χ1n) is 5.46. The largest absolute Gasteiger partial charge is 0.438 e. The Morgan fingerprint density at radius 1 is 0.889 bits per heavy atom. The fourth-order valence-corrected chi connectivity index (χ4v) is 1.94. The van der Waals surface area contributed by atoms with Crippen LogP contribution in [0.25, 0.3) is 10.9 Å². The highest BCUT2D eigenvalue weighted by molar-refractivity contribution is 9.10. The van der Waals surface area contributed by atoms with Gasteiger partial charge >= 0.3 is 0 Å². The number of hydrogen-bond donors (Lipinski definition) is 0. The number of fused-ring (bicyclic) bond motifs is 1. The highest BCUT2D eigenvalue weighted by atomic mass is 79.9. The lowest BCUT2D eigenvalue weighted by Crippen LogP contribution is -1.90. The second-order valence-electron chi connectivity index (χ2n) is 3.75. The minimum absolute atomic E-state index is 0.572. The minimum Gasteiger partial charge on any atom is -0.438 e. The zero-order valence-electron chi connectivity index (χ0n) is 9.38. The lowest BCUT2D eigenvalue weighted by atomic mass is 10.2. The first kappa shape index (κ1) is 11.2. The Kier molecular flexibility index (Phi) is 2.94. The van der Waals surface area contributed by atoms with E-state index in [2.05, 4.69) is 25.9 Å². The zero-order valence-corrected chi connectivity index (χ0v) is 11.0. The van der Waals surface area contributed by atoms with Gasteiger partial charge in [-0.15, -0.1) is 0 Å². The molecule has 0 fully saturated rings. The quantitative estimate of drug-likeness (QED) is 0.712. The van der Waals surface area contributed by atoms with Crippen LogP contribution in [0.15, 0.2) is 59.3 Å². The van der Waals surface area contributed by atoms with Gasteiger partial charge in [-0.1, -0.05) is 28.1 Å². The van der Waals surface area contributed by atoms with E-state index < -0.39 is 0 Å². The summed E-state index contributed by atoms with van der Waals surface area (Å²) in [7, 11) is 0. The molecule has 0 aliphatic heterocycles.